The zero-order valence-corrected chi connectivity index (χ0v) is 21.7. The minimum Gasteiger partial charge on any atom is -0.439 e. The van der Waals surface area contributed by atoms with E-state index in [2.05, 4.69) is 26.0 Å². The molecule has 0 atom stereocenters. The van der Waals surface area contributed by atoms with Crippen molar-refractivity contribution in [3.05, 3.63) is 72.1 Å². The number of anilines is 1. The number of nitrogens with one attached hydrogen (secondary N) is 1. The summed E-state index contributed by atoms with van der Waals surface area (Å²) in [6.07, 6.45) is 6.95. The predicted molar refractivity (Wildman–Crippen MR) is 149 cm³/mol. The van der Waals surface area contributed by atoms with Crippen LogP contribution in [0.2, 0.25) is 5.02 Å². The number of pyridine rings is 1. The number of hydrogen-bond donors (Lipinski definition) is 2. The van der Waals surface area contributed by atoms with Crippen LogP contribution in [0.1, 0.15) is 31.7 Å². The maximum atomic E-state index is 12.1. The van der Waals surface area contributed by atoms with Crippen LogP contribution < -0.4 is 15.8 Å². The van der Waals surface area contributed by atoms with E-state index in [4.69, 9.17) is 27.1 Å². The number of nitrogens with two attached hydrogens (primary N) is 1. The number of benzene rings is 2. The van der Waals surface area contributed by atoms with Gasteiger partial charge >= 0.3 is 0 Å². The Balaban J connectivity index is 1.41. The Morgan fingerprint density at radius 3 is 2.61 bits per heavy atom. The summed E-state index contributed by atoms with van der Waals surface area (Å²) in [4.78, 5) is 25.8. The van der Waals surface area contributed by atoms with Gasteiger partial charge in [0.1, 0.15) is 23.5 Å². The highest BCUT2D eigenvalue weighted by molar-refractivity contribution is 6.34. The van der Waals surface area contributed by atoms with Crippen molar-refractivity contribution in [3.63, 3.8) is 0 Å². The fraction of sp³-hybridized carbons (Fsp3) is 0.241. The van der Waals surface area contributed by atoms with Gasteiger partial charge in [-0.05, 0) is 56.0 Å². The molecule has 3 aromatic heterocycles. The normalized spacial score (nSPS) is 17.5. The molecule has 0 spiro atoms. The average molecular weight is 527 g/mol. The molecule has 8 nitrogen and oxygen atoms in total. The number of hydrogen-bond acceptors (Lipinski definition) is 6. The minimum absolute atomic E-state index is 0.0468. The predicted octanol–water partition coefficient (Wildman–Crippen LogP) is 6.15. The number of amides is 1. The Labute approximate surface area is 224 Å². The van der Waals surface area contributed by atoms with Gasteiger partial charge in [-0.3, -0.25) is 4.79 Å². The third-order valence-corrected chi connectivity index (χ3v) is 7.67. The number of halogens is 1. The van der Waals surface area contributed by atoms with E-state index in [1.54, 1.807) is 7.05 Å². The zero-order valence-electron chi connectivity index (χ0n) is 20.9. The van der Waals surface area contributed by atoms with Gasteiger partial charge in [0.2, 0.25) is 11.8 Å². The molecular formula is C29H27ClN6O2. The summed E-state index contributed by atoms with van der Waals surface area (Å²) in [5.41, 5.74) is 9.56. The molecule has 5 aromatic rings. The molecule has 0 aliphatic heterocycles. The Kier molecular flexibility index (Phi) is 6.33. The van der Waals surface area contributed by atoms with Crippen LogP contribution in [0.15, 0.2) is 67.1 Å². The van der Waals surface area contributed by atoms with Crippen LogP contribution in [0.3, 0.4) is 0 Å². The number of ether oxygens (including phenoxy) is 1. The molecule has 3 heterocycles. The molecule has 0 radical (unpaired) electrons. The van der Waals surface area contributed by atoms with E-state index in [1.807, 2.05) is 54.6 Å². The number of aromatic nitrogens is 4. The molecule has 0 saturated heterocycles. The van der Waals surface area contributed by atoms with Crippen LogP contribution in [0.25, 0.3) is 33.1 Å². The summed E-state index contributed by atoms with van der Waals surface area (Å²) in [5, 5.41) is 5.03. The Bertz CT molecular complexity index is 1640. The first-order valence-corrected chi connectivity index (χ1v) is 13.1. The molecule has 1 fully saturated rings. The minimum atomic E-state index is 0.0468. The Morgan fingerprint density at radius 2 is 1.84 bits per heavy atom. The lowest BCUT2D eigenvalue weighted by Gasteiger charge is -2.28. The molecule has 192 valence electrons. The number of rotatable bonds is 5. The lowest BCUT2D eigenvalue weighted by Crippen LogP contribution is -2.31. The smallest absolute Gasteiger partial charge is 0.222 e. The molecular weight excluding hydrogens is 500 g/mol. The highest BCUT2D eigenvalue weighted by Crippen LogP contribution is 2.42. The third-order valence-electron chi connectivity index (χ3n) is 7.35. The summed E-state index contributed by atoms with van der Waals surface area (Å²) < 4.78 is 8.12. The maximum Gasteiger partial charge on any atom is 0.222 e. The maximum absolute atomic E-state index is 12.1. The van der Waals surface area contributed by atoms with Gasteiger partial charge in [-0.25, -0.2) is 15.0 Å². The second-order valence-corrected chi connectivity index (χ2v) is 10.0. The van der Waals surface area contributed by atoms with E-state index in [9.17, 15) is 4.79 Å². The number of fused-ring (bicyclic) bond motifs is 2. The molecule has 1 saturated carbocycles. The fourth-order valence-electron chi connectivity index (χ4n) is 5.41. The summed E-state index contributed by atoms with van der Waals surface area (Å²) in [6.45, 7) is 0. The molecule has 1 amide bonds. The van der Waals surface area contributed by atoms with Crippen molar-refractivity contribution in [1.29, 1.82) is 0 Å². The number of nitrogen functional groups attached to an aromatic ring is 1. The van der Waals surface area contributed by atoms with Crippen molar-refractivity contribution >= 4 is 45.3 Å². The largest absolute Gasteiger partial charge is 0.439 e. The van der Waals surface area contributed by atoms with Crippen molar-refractivity contribution in [1.82, 2.24) is 24.8 Å². The first kappa shape index (κ1) is 24.2. The van der Waals surface area contributed by atoms with E-state index in [1.165, 1.54) is 6.33 Å². The SMILES string of the molecule is CNC(=O)C1CCC(n2cc(-c3cc4nc(Oc5ccccc5)ccc4cc3Cl)c3c(N)ncnc32)CC1. The van der Waals surface area contributed by atoms with Crippen LogP contribution in [0, 0.1) is 5.92 Å². The second-order valence-electron chi connectivity index (χ2n) is 9.62. The first-order chi connectivity index (χ1) is 18.5. The van der Waals surface area contributed by atoms with Gasteiger partial charge in [0.15, 0.2) is 0 Å². The highest BCUT2D eigenvalue weighted by atomic mass is 35.5. The van der Waals surface area contributed by atoms with Crippen molar-refractivity contribution in [2.24, 2.45) is 5.92 Å². The van der Waals surface area contributed by atoms with Crippen molar-refractivity contribution in [3.8, 4) is 22.8 Å². The molecule has 0 unspecified atom stereocenters. The van der Waals surface area contributed by atoms with Gasteiger partial charge in [-0.2, -0.15) is 0 Å². The van der Waals surface area contributed by atoms with E-state index in [0.717, 1.165) is 58.7 Å². The summed E-state index contributed by atoms with van der Waals surface area (Å²) in [5.74, 6) is 1.76. The van der Waals surface area contributed by atoms with E-state index in [-0.39, 0.29) is 17.9 Å². The topological polar surface area (TPSA) is 108 Å². The number of nitrogens with zero attached hydrogens (tertiary/aromatic N) is 4. The Hall–Kier alpha value is -4.17. The molecule has 2 aromatic carbocycles. The van der Waals surface area contributed by atoms with Crippen molar-refractivity contribution in [2.75, 3.05) is 12.8 Å². The average Bonchev–Trinajstić information content (AvgIpc) is 3.34. The summed E-state index contributed by atoms with van der Waals surface area (Å²) >= 11 is 6.83. The highest BCUT2D eigenvalue weighted by Gasteiger charge is 2.29. The van der Waals surface area contributed by atoms with E-state index < -0.39 is 0 Å². The van der Waals surface area contributed by atoms with Gasteiger partial charge in [-0.15, -0.1) is 0 Å². The number of para-hydroxylation sites is 1. The van der Waals surface area contributed by atoms with Crippen LogP contribution in [0.5, 0.6) is 11.6 Å². The molecule has 1 aliphatic carbocycles. The molecule has 9 heteroatoms. The van der Waals surface area contributed by atoms with Gasteiger partial charge < -0.3 is 20.4 Å². The standard InChI is InChI=1S/C29H27ClN6O2/c1-32-29(37)17-7-10-19(11-8-17)36-15-22(26-27(31)33-16-34-28(26)36)21-14-24-18(13-23(21)30)9-12-25(35-24)38-20-5-3-2-4-6-20/h2-6,9,12-17,19H,7-8,10-11H2,1H3,(H,32,37)(H2,31,33,34). The summed E-state index contributed by atoms with van der Waals surface area (Å²) in [6, 6.07) is 17.4. The van der Waals surface area contributed by atoms with Crippen LogP contribution in [0.4, 0.5) is 5.82 Å². The van der Waals surface area contributed by atoms with Crippen molar-refractivity contribution < 1.29 is 9.53 Å². The lowest BCUT2D eigenvalue weighted by molar-refractivity contribution is -0.125. The van der Waals surface area contributed by atoms with Gasteiger partial charge in [0.05, 0.1) is 10.9 Å². The number of carbonyl (C=O) groups excluding carboxylic acids is 1. The number of carbonyl (C=O) groups is 1. The van der Waals surface area contributed by atoms with Crippen molar-refractivity contribution in [2.45, 2.75) is 31.7 Å². The molecule has 0 bridgehead atoms. The van der Waals surface area contributed by atoms with Gasteiger partial charge in [0.25, 0.3) is 0 Å². The van der Waals surface area contributed by atoms with Crippen LogP contribution >= 0.6 is 11.6 Å². The summed E-state index contributed by atoms with van der Waals surface area (Å²) in [7, 11) is 1.69. The second kappa shape index (κ2) is 9.95. The zero-order chi connectivity index (χ0) is 26.2. The first-order valence-electron chi connectivity index (χ1n) is 12.7. The molecule has 38 heavy (non-hydrogen) atoms. The third kappa shape index (κ3) is 4.41. The molecule has 1 aliphatic rings. The van der Waals surface area contributed by atoms with E-state index >= 15 is 0 Å². The molecule has 3 N–H and O–H groups in total. The Morgan fingerprint density at radius 1 is 1.05 bits per heavy atom. The fourth-order valence-corrected chi connectivity index (χ4v) is 5.68. The monoisotopic (exact) mass is 526 g/mol. The molecule has 6 rings (SSSR count). The van der Waals surface area contributed by atoms with Crippen LogP contribution in [-0.4, -0.2) is 32.5 Å². The lowest BCUT2D eigenvalue weighted by atomic mass is 9.85. The van der Waals surface area contributed by atoms with Gasteiger partial charge in [0, 0.05) is 52.8 Å². The quantitative estimate of drug-likeness (QED) is 0.284. The van der Waals surface area contributed by atoms with Crippen LogP contribution in [-0.2, 0) is 4.79 Å². The van der Waals surface area contributed by atoms with E-state index in [0.29, 0.717) is 22.5 Å². The van der Waals surface area contributed by atoms with Gasteiger partial charge in [-0.1, -0.05) is 29.8 Å².